The molecule has 4 N–H and O–H groups in total. The number of hydrogen-bond acceptors (Lipinski definition) is 8. The number of hydrogen-bond donors (Lipinski definition) is 3. The lowest BCUT2D eigenvalue weighted by Crippen LogP contribution is -2.24. The second-order valence-electron chi connectivity index (χ2n) is 8.28. The van der Waals surface area contributed by atoms with Gasteiger partial charge >= 0.3 is 10.3 Å². The molecule has 0 saturated heterocycles. The van der Waals surface area contributed by atoms with Gasteiger partial charge in [0, 0.05) is 30.1 Å². The topological polar surface area (TPSA) is 142 Å². The number of nitrogens with two attached hydrogens (primary N) is 1. The Morgan fingerprint density at radius 1 is 1.25 bits per heavy atom. The van der Waals surface area contributed by atoms with E-state index < -0.39 is 16.4 Å². The van der Waals surface area contributed by atoms with Gasteiger partial charge in [-0.15, -0.1) is 0 Å². The van der Waals surface area contributed by atoms with Crippen molar-refractivity contribution in [2.45, 2.75) is 37.5 Å². The molecule has 0 bridgehead atoms. The fraction of sp³-hybridized carbons (Fsp3) is 0.429. The number of aromatic nitrogens is 3. The molecule has 2 aliphatic rings. The van der Waals surface area contributed by atoms with Gasteiger partial charge in [-0.25, -0.2) is 15.1 Å². The van der Waals surface area contributed by atoms with E-state index in [2.05, 4.69) is 21.4 Å². The van der Waals surface area contributed by atoms with Gasteiger partial charge < -0.3 is 19.7 Å². The molecule has 1 aliphatic heterocycles. The lowest BCUT2D eigenvalue weighted by atomic mass is 10.0. The molecule has 0 radical (unpaired) electrons. The highest BCUT2D eigenvalue weighted by molar-refractivity contribution is 7.84. The largest absolute Gasteiger partial charge is 0.493 e. The highest BCUT2D eigenvalue weighted by Gasteiger charge is 2.35. The SMILES string of the molecule is NS(=O)(=O)OC[C@@H]1C[C@@H](n2ccc3c(N[C@H]4CCOc5ccccc54)ncnc32)C[C@@H]1O. The Bertz CT molecular complexity index is 1230. The van der Waals surface area contributed by atoms with E-state index in [1.165, 1.54) is 6.33 Å². The Labute approximate surface area is 185 Å². The van der Waals surface area contributed by atoms with Crippen LogP contribution in [0.5, 0.6) is 5.75 Å². The van der Waals surface area contributed by atoms with Gasteiger partial charge in [0.1, 0.15) is 23.5 Å². The number of fused-ring (bicyclic) bond motifs is 2. The molecule has 32 heavy (non-hydrogen) atoms. The molecule has 11 heteroatoms. The van der Waals surface area contributed by atoms with Crippen molar-refractivity contribution in [1.82, 2.24) is 14.5 Å². The van der Waals surface area contributed by atoms with Crippen LogP contribution in [-0.4, -0.2) is 47.4 Å². The number of benzene rings is 1. The van der Waals surface area contributed by atoms with Gasteiger partial charge in [-0.3, -0.25) is 4.18 Å². The third-order valence-corrected chi connectivity index (χ3v) is 6.72. The minimum absolute atomic E-state index is 0.0388. The zero-order valence-corrected chi connectivity index (χ0v) is 18.1. The molecular formula is C21H25N5O5S. The molecule has 0 spiro atoms. The average Bonchev–Trinajstić information content (AvgIpc) is 3.36. The quantitative estimate of drug-likeness (QED) is 0.507. The van der Waals surface area contributed by atoms with Gasteiger partial charge in [-0.2, -0.15) is 8.42 Å². The molecule has 5 rings (SSSR count). The number of aliphatic hydroxyl groups is 1. The highest BCUT2D eigenvalue weighted by atomic mass is 32.2. The van der Waals surface area contributed by atoms with Crippen LogP contribution in [0.25, 0.3) is 11.0 Å². The summed E-state index contributed by atoms with van der Waals surface area (Å²) in [5, 5.41) is 19.8. The molecule has 1 fully saturated rings. The van der Waals surface area contributed by atoms with Crippen molar-refractivity contribution in [3.05, 3.63) is 48.4 Å². The first-order valence-corrected chi connectivity index (χ1v) is 12.0. The van der Waals surface area contributed by atoms with Crippen LogP contribution in [0.4, 0.5) is 5.82 Å². The number of anilines is 1. The van der Waals surface area contributed by atoms with Crippen LogP contribution in [0.3, 0.4) is 0 Å². The molecule has 2 aromatic heterocycles. The summed E-state index contributed by atoms with van der Waals surface area (Å²) in [5.74, 6) is 1.30. The van der Waals surface area contributed by atoms with Gasteiger partial charge in [-0.1, -0.05) is 18.2 Å². The average molecular weight is 460 g/mol. The number of nitrogens with zero attached hydrogens (tertiary/aromatic N) is 3. The van der Waals surface area contributed by atoms with Gasteiger partial charge in [-0.05, 0) is 25.0 Å². The maximum Gasteiger partial charge on any atom is 0.333 e. The zero-order chi connectivity index (χ0) is 22.3. The highest BCUT2D eigenvalue weighted by Crippen LogP contribution is 2.39. The Morgan fingerprint density at radius 3 is 2.94 bits per heavy atom. The molecule has 4 atom stereocenters. The predicted molar refractivity (Wildman–Crippen MR) is 117 cm³/mol. The van der Waals surface area contributed by atoms with Crippen LogP contribution in [0, 0.1) is 5.92 Å². The van der Waals surface area contributed by atoms with Crippen molar-refractivity contribution in [2.75, 3.05) is 18.5 Å². The summed E-state index contributed by atoms with van der Waals surface area (Å²) in [4.78, 5) is 8.95. The molecule has 10 nitrogen and oxygen atoms in total. The Morgan fingerprint density at radius 2 is 2.09 bits per heavy atom. The van der Waals surface area contributed by atoms with Gasteiger partial charge in [0.15, 0.2) is 0 Å². The first-order valence-electron chi connectivity index (χ1n) is 10.5. The van der Waals surface area contributed by atoms with E-state index in [1.54, 1.807) is 0 Å². The Balaban J connectivity index is 1.37. The van der Waals surface area contributed by atoms with Crippen molar-refractivity contribution in [1.29, 1.82) is 0 Å². The van der Waals surface area contributed by atoms with E-state index in [4.69, 9.17) is 14.1 Å². The number of para-hydroxylation sites is 1. The summed E-state index contributed by atoms with van der Waals surface area (Å²) in [7, 11) is -4.04. The second kappa shape index (κ2) is 8.32. The second-order valence-corrected chi connectivity index (χ2v) is 9.51. The molecule has 0 unspecified atom stereocenters. The summed E-state index contributed by atoms with van der Waals surface area (Å²) in [6.45, 7) is 0.493. The van der Waals surface area contributed by atoms with Crippen molar-refractivity contribution in [3.8, 4) is 5.75 Å². The lowest BCUT2D eigenvalue weighted by Gasteiger charge is -2.27. The molecule has 170 valence electrons. The summed E-state index contributed by atoms with van der Waals surface area (Å²) in [5.41, 5.74) is 1.86. The Kier molecular flexibility index (Phi) is 5.49. The van der Waals surface area contributed by atoms with Crippen LogP contribution in [-0.2, 0) is 14.5 Å². The number of rotatable bonds is 6. The molecule has 1 saturated carbocycles. The number of nitrogens with one attached hydrogen (secondary N) is 1. The van der Waals surface area contributed by atoms with Crippen molar-refractivity contribution in [3.63, 3.8) is 0 Å². The van der Waals surface area contributed by atoms with E-state index in [0.717, 1.165) is 34.6 Å². The molecule has 1 aliphatic carbocycles. The van der Waals surface area contributed by atoms with Crippen LogP contribution in [0.2, 0.25) is 0 Å². The zero-order valence-electron chi connectivity index (χ0n) is 17.3. The van der Waals surface area contributed by atoms with Crippen LogP contribution in [0.15, 0.2) is 42.9 Å². The summed E-state index contributed by atoms with van der Waals surface area (Å²) in [6.07, 6.45) is 4.63. The van der Waals surface area contributed by atoms with Crippen LogP contribution in [0.1, 0.15) is 36.9 Å². The normalized spacial score (nSPS) is 25.4. The van der Waals surface area contributed by atoms with Gasteiger partial charge in [0.05, 0.1) is 30.7 Å². The van der Waals surface area contributed by atoms with Crippen molar-refractivity contribution >= 4 is 27.2 Å². The van der Waals surface area contributed by atoms with E-state index >= 15 is 0 Å². The van der Waals surface area contributed by atoms with E-state index in [0.29, 0.717) is 19.4 Å². The minimum Gasteiger partial charge on any atom is -0.493 e. The van der Waals surface area contributed by atoms with E-state index in [-0.39, 0.29) is 24.6 Å². The molecule has 1 aromatic carbocycles. The molecule has 3 heterocycles. The summed E-state index contributed by atoms with van der Waals surface area (Å²) in [6, 6.07) is 9.98. The van der Waals surface area contributed by atoms with E-state index in [9.17, 15) is 13.5 Å². The fourth-order valence-electron chi connectivity index (χ4n) is 4.70. The third-order valence-electron chi connectivity index (χ3n) is 6.25. The van der Waals surface area contributed by atoms with Crippen LogP contribution >= 0.6 is 0 Å². The van der Waals surface area contributed by atoms with Gasteiger partial charge in [0.2, 0.25) is 0 Å². The third kappa shape index (κ3) is 4.16. The predicted octanol–water partition coefficient (Wildman–Crippen LogP) is 1.90. The first kappa shape index (κ1) is 21.1. The minimum atomic E-state index is -4.04. The Hall–Kier alpha value is -2.73. The standard InChI is InChI=1S/C21H25N5O5S/c22-32(28,29)31-11-13-9-14(10-18(13)27)26-7-5-16-20(23-12-24-21(16)26)25-17-6-8-30-19-4-2-1-3-15(17)19/h1-5,7,12-14,17-18,27H,6,8-11H2,(H2,22,28,29)(H,23,24,25)/t13-,14+,17-,18-/m0/s1. The lowest BCUT2D eigenvalue weighted by molar-refractivity contribution is 0.100. The smallest absolute Gasteiger partial charge is 0.333 e. The summed E-state index contributed by atoms with van der Waals surface area (Å²) >= 11 is 0. The van der Waals surface area contributed by atoms with E-state index in [1.807, 2.05) is 35.0 Å². The molecular weight excluding hydrogens is 434 g/mol. The first-order chi connectivity index (χ1) is 15.4. The molecule has 3 aromatic rings. The maximum atomic E-state index is 11.1. The monoisotopic (exact) mass is 459 g/mol. The maximum absolute atomic E-state index is 11.1. The van der Waals surface area contributed by atoms with Crippen molar-refractivity contribution in [2.24, 2.45) is 11.1 Å². The van der Waals surface area contributed by atoms with Gasteiger partial charge in [0.25, 0.3) is 0 Å². The van der Waals surface area contributed by atoms with Crippen LogP contribution < -0.4 is 15.2 Å². The fourth-order valence-corrected chi connectivity index (χ4v) is 5.06. The van der Waals surface area contributed by atoms with Crippen molar-refractivity contribution < 1.29 is 22.4 Å². The summed E-state index contributed by atoms with van der Waals surface area (Å²) < 4.78 is 34.7. The molecule has 0 amide bonds. The number of ether oxygens (including phenoxy) is 1. The number of aliphatic hydroxyl groups excluding tert-OH is 1.